The van der Waals surface area contributed by atoms with Crippen LogP contribution in [0.5, 0.6) is 5.75 Å². The summed E-state index contributed by atoms with van der Waals surface area (Å²) < 4.78 is 7.31. The molecule has 0 atom stereocenters. The third-order valence-corrected chi connectivity index (χ3v) is 2.64. The van der Waals surface area contributed by atoms with E-state index in [1.165, 1.54) is 0 Å². The molecular formula is C12H15ClN4O. The van der Waals surface area contributed by atoms with Crippen LogP contribution in [0.15, 0.2) is 30.5 Å². The van der Waals surface area contributed by atoms with Crippen molar-refractivity contribution in [2.75, 3.05) is 13.2 Å². The average Bonchev–Trinajstić information content (AvgIpc) is 2.80. The van der Waals surface area contributed by atoms with Gasteiger partial charge in [0, 0.05) is 17.6 Å². The van der Waals surface area contributed by atoms with Crippen LogP contribution in [-0.2, 0) is 13.0 Å². The Labute approximate surface area is 111 Å². The molecule has 2 rings (SSSR count). The van der Waals surface area contributed by atoms with Gasteiger partial charge in [-0.2, -0.15) is 0 Å². The highest BCUT2D eigenvalue weighted by molar-refractivity contribution is 6.30. The van der Waals surface area contributed by atoms with Gasteiger partial charge >= 0.3 is 0 Å². The standard InChI is InChI=1S/C12H15ClN4O/c13-10-1-3-12(4-2-10)18-8-7-17-9-11(5-6-14)15-16-17/h1-4,9H,5-8,14H2. The van der Waals surface area contributed by atoms with Crippen molar-refractivity contribution in [3.63, 3.8) is 0 Å². The van der Waals surface area contributed by atoms with Gasteiger partial charge in [0.2, 0.25) is 0 Å². The average molecular weight is 267 g/mol. The number of ether oxygens (including phenoxy) is 1. The molecular weight excluding hydrogens is 252 g/mol. The fraction of sp³-hybridized carbons (Fsp3) is 0.333. The van der Waals surface area contributed by atoms with Crippen LogP contribution in [0, 0.1) is 0 Å². The summed E-state index contributed by atoms with van der Waals surface area (Å²) in [4.78, 5) is 0. The number of hydrogen-bond donors (Lipinski definition) is 1. The lowest BCUT2D eigenvalue weighted by atomic mass is 10.3. The van der Waals surface area contributed by atoms with Crippen molar-refractivity contribution in [2.45, 2.75) is 13.0 Å². The van der Waals surface area contributed by atoms with E-state index in [-0.39, 0.29) is 0 Å². The minimum absolute atomic E-state index is 0.535. The van der Waals surface area contributed by atoms with E-state index in [4.69, 9.17) is 22.1 Å². The summed E-state index contributed by atoms with van der Waals surface area (Å²) in [7, 11) is 0. The molecule has 0 saturated carbocycles. The molecule has 1 aromatic heterocycles. The lowest BCUT2D eigenvalue weighted by Crippen LogP contribution is -2.08. The number of hydrogen-bond acceptors (Lipinski definition) is 4. The van der Waals surface area contributed by atoms with Gasteiger partial charge in [0.15, 0.2) is 0 Å². The molecule has 0 fully saturated rings. The van der Waals surface area contributed by atoms with Gasteiger partial charge in [-0.1, -0.05) is 16.8 Å². The van der Waals surface area contributed by atoms with E-state index in [9.17, 15) is 0 Å². The maximum Gasteiger partial charge on any atom is 0.119 e. The van der Waals surface area contributed by atoms with Gasteiger partial charge in [0.1, 0.15) is 12.4 Å². The van der Waals surface area contributed by atoms with Crippen molar-refractivity contribution >= 4 is 11.6 Å². The van der Waals surface area contributed by atoms with Gasteiger partial charge in [-0.25, -0.2) is 4.68 Å². The van der Waals surface area contributed by atoms with Crippen LogP contribution in [0.2, 0.25) is 5.02 Å². The van der Waals surface area contributed by atoms with E-state index in [2.05, 4.69) is 10.3 Å². The van der Waals surface area contributed by atoms with Gasteiger partial charge < -0.3 is 10.5 Å². The van der Waals surface area contributed by atoms with Gasteiger partial charge in [0.25, 0.3) is 0 Å². The third-order valence-electron chi connectivity index (χ3n) is 2.39. The summed E-state index contributed by atoms with van der Waals surface area (Å²) in [5, 5.41) is 8.69. The Bertz CT molecular complexity index is 483. The topological polar surface area (TPSA) is 66.0 Å². The molecule has 0 bridgehead atoms. The maximum atomic E-state index is 5.79. The smallest absolute Gasteiger partial charge is 0.119 e. The number of nitrogens with two attached hydrogens (primary N) is 1. The minimum Gasteiger partial charge on any atom is -0.492 e. The van der Waals surface area contributed by atoms with Crippen LogP contribution in [0.3, 0.4) is 0 Å². The first-order valence-corrected chi connectivity index (χ1v) is 6.13. The van der Waals surface area contributed by atoms with Crippen molar-refractivity contribution in [3.05, 3.63) is 41.2 Å². The zero-order valence-corrected chi connectivity index (χ0v) is 10.7. The summed E-state index contributed by atoms with van der Waals surface area (Å²) in [6, 6.07) is 7.27. The number of benzene rings is 1. The zero-order chi connectivity index (χ0) is 12.8. The number of nitrogens with zero attached hydrogens (tertiary/aromatic N) is 3. The highest BCUT2D eigenvalue weighted by Gasteiger charge is 2.00. The van der Waals surface area contributed by atoms with Gasteiger partial charge in [-0.05, 0) is 30.8 Å². The fourth-order valence-corrected chi connectivity index (χ4v) is 1.62. The molecule has 0 unspecified atom stereocenters. The Kier molecular flexibility index (Phi) is 4.55. The highest BCUT2D eigenvalue weighted by Crippen LogP contribution is 2.15. The molecule has 0 aliphatic heterocycles. The van der Waals surface area contributed by atoms with Crippen LogP contribution in [0.4, 0.5) is 0 Å². The molecule has 0 aliphatic rings. The van der Waals surface area contributed by atoms with E-state index in [1.807, 2.05) is 18.3 Å². The van der Waals surface area contributed by atoms with Crippen molar-refractivity contribution in [1.82, 2.24) is 15.0 Å². The molecule has 0 radical (unpaired) electrons. The minimum atomic E-state index is 0.535. The molecule has 96 valence electrons. The molecule has 1 heterocycles. The van der Waals surface area contributed by atoms with E-state index < -0.39 is 0 Å². The van der Waals surface area contributed by atoms with Crippen LogP contribution < -0.4 is 10.5 Å². The normalized spacial score (nSPS) is 10.6. The lowest BCUT2D eigenvalue weighted by molar-refractivity contribution is 0.289. The Morgan fingerprint density at radius 1 is 1.28 bits per heavy atom. The van der Waals surface area contributed by atoms with Gasteiger partial charge in [0.05, 0.1) is 12.2 Å². The molecule has 6 heteroatoms. The quantitative estimate of drug-likeness (QED) is 0.861. The molecule has 2 aromatic rings. The van der Waals surface area contributed by atoms with Crippen LogP contribution in [-0.4, -0.2) is 28.1 Å². The van der Waals surface area contributed by atoms with Crippen LogP contribution in [0.25, 0.3) is 0 Å². The molecule has 1 aromatic carbocycles. The number of halogens is 1. The summed E-state index contributed by atoms with van der Waals surface area (Å²) in [5.74, 6) is 0.793. The molecule has 2 N–H and O–H groups in total. The molecule has 0 saturated heterocycles. The van der Waals surface area contributed by atoms with Crippen molar-refractivity contribution in [3.8, 4) is 5.75 Å². The van der Waals surface area contributed by atoms with E-state index >= 15 is 0 Å². The Hall–Kier alpha value is -1.59. The third kappa shape index (κ3) is 3.72. The first-order chi connectivity index (χ1) is 8.78. The highest BCUT2D eigenvalue weighted by atomic mass is 35.5. The van der Waals surface area contributed by atoms with Crippen molar-refractivity contribution in [2.24, 2.45) is 5.73 Å². The second-order valence-electron chi connectivity index (χ2n) is 3.81. The number of rotatable bonds is 6. The second-order valence-corrected chi connectivity index (χ2v) is 4.25. The van der Waals surface area contributed by atoms with Crippen molar-refractivity contribution < 1.29 is 4.74 Å². The lowest BCUT2D eigenvalue weighted by Gasteiger charge is -2.05. The SMILES string of the molecule is NCCc1cn(CCOc2ccc(Cl)cc2)nn1. The largest absolute Gasteiger partial charge is 0.492 e. The molecule has 18 heavy (non-hydrogen) atoms. The predicted molar refractivity (Wildman–Crippen MR) is 69.7 cm³/mol. The van der Waals surface area contributed by atoms with E-state index in [0.29, 0.717) is 24.7 Å². The monoisotopic (exact) mass is 266 g/mol. The first kappa shape index (κ1) is 12.9. The predicted octanol–water partition coefficient (Wildman–Crippen LogP) is 1.51. The molecule has 0 amide bonds. The first-order valence-electron chi connectivity index (χ1n) is 5.75. The number of aromatic nitrogens is 3. The molecule has 0 spiro atoms. The molecule has 5 nitrogen and oxygen atoms in total. The Balaban J connectivity index is 1.79. The summed E-state index contributed by atoms with van der Waals surface area (Å²) in [6.45, 7) is 1.77. The summed E-state index contributed by atoms with van der Waals surface area (Å²) in [5.41, 5.74) is 6.35. The summed E-state index contributed by atoms with van der Waals surface area (Å²) >= 11 is 5.79. The van der Waals surface area contributed by atoms with Gasteiger partial charge in [-0.15, -0.1) is 5.10 Å². The van der Waals surface area contributed by atoms with Crippen molar-refractivity contribution in [1.29, 1.82) is 0 Å². The zero-order valence-electron chi connectivity index (χ0n) is 9.92. The van der Waals surface area contributed by atoms with Gasteiger partial charge in [-0.3, -0.25) is 0 Å². The van der Waals surface area contributed by atoms with E-state index in [1.54, 1.807) is 16.8 Å². The Morgan fingerprint density at radius 2 is 2.06 bits per heavy atom. The Morgan fingerprint density at radius 3 is 2.78 bits per heavy atom. The molecule has 0 aliphatic carbocycles. The van der Waals surface area contributed by atoms with Crippen LogP contribution >= 0.6 is 11.6 Å². The summed E-state index contributed by atoms with van der Waals surface area (Å²) in [6.07, 6.45) is 2.64. The second kappa shape index (κ2) is 6.37. The van der Waals surface area contributed by atoms with E-state index in [0.717, 1.165) is 17.9 Å². The van der Waals surface area contributed by atoms with Crippen LogP contribution in [0.1, 0.15) is 5.69 Å². The fourth-order valence-electron chi connectivity index (χ4n) is 1.50. The maximum absolute atomic E-state index is 5.79.